The number of allylic oxidation sites excluding steroid dienone is 4. The van der Waals surface area contributed by atoms with Crippen LogP contribution in [0.1, 0.15) is 52.4 Å². The van der Waals surface area contributed by atoms with E-state index in [0.717, 1.165) is 19.3 Å². The molecular weight excluding hydrogens is 188 g/mol. The fourth-order valence-corrected chi connectivity index (χ4v) is 1.27. The van der Waals surface area contributed by atoms with Gasteiger partial charge in [-0.05, 0) is 26.2 Å². The summed E-state index contributed by atoms with van der Waals surface area (Å²) >= 11 is 0. The molecule has 0 fully saturated rings. The molecule has 1 N–H and O–H groups in total. The topological polar surface area (TPSA) is 37.3 Å². The maximum absolute atomic E-state index is 10.6. The van der Waals surface area contributed by atoms with Gasteiger partial charge < -0.3 is 5.11 Å². The quantitative estimate of drug-likeness (QED) is 0.285. The van der Waals surface area contributed by atoms with Crippen LogP contribution in [0, 0.1) is 0 Å². The van der Waals surface area contributed by atoms with Crippen molar-refractivity contribution in [3.05, 3.63) is 24.0 Å². The molecule has 0 aromatic heterocycles. The number of aliphatic hydroxyl groups excluding tert-OH is 1. The van der Waals surface area contributed by atoms with Crippen LogP contribution in [0.2, 0.25) is 0 Å². The number of aliphatic hydroxyl groups is 1. The van der Waals surface area contributed by atoms with E-state index < -0.39 is 0 Å². The van der Waals surface area contributed by atoms with Gasteiger partial charge in [0.1, 0.15) is 0 Å². The van der Waals surface area contributed by atoms with Crippen LogP contribution in [0.3, 0.4) is 0 Å². The standard InChI is InChI=1S/C13H22O2/c1-3-4-5-6-7-8-9-10-13(15)11-12(2)14/h6-7,11,15H,3-5,8-10H2,1-2H3/b7-6?,13-11-. The van der Waals surface area contributed by atoms with Crippen molar-refractivity contribution in [2.45, 2.75) is 52.4 Å². The van der Waals surface area contributed by atoms with Crippen molar-refractivity contribution in [1.82, 2.24) is 0 Å². The van der Waals surface area contributed by atoms with Crippen molar-refractivity contribution in [1.29, 1.82) is 0 Å². The lowest BCUT2D eigenvalue weighted by molar-refractivity contribution is -0.112. The minimum absolute atomic E-state index is 0.0917. The van der Waals surface area contributed by atoms with Gasteiger partial charge in [0.05, 0.1) is 5.76 Å². The third-order valence-electron chi connectivity index (χ3n) is 2.06. The van der Waals surface area contributed by atoms with Gasteiger partial charge in [-0.2, -0.15) is 0 Å². The molecule has 0 aliphatic carbocycles. The van der Waals surface area contributed by atoms with Crippen molar-refractivity contribution >= 4 is 5.78 Å². The molecule has 0 rings (SSSR count). The van der Waals surface area contributed by atoms with Gasteiger partial charge in [-0.15, -0.1) is 0 Å². The molecular formula is C13H22O2. The number of rotatable bonds is 8. The normalized spacial score (nSPS) is 12.3. The molecule has 0 aliphatic rings. The van der Waals surface area contributed by atoms with E-state index in [0.29, 0.717) is 6.42 Å². The first-order valence-electron chi connectivity index (χ1n) is 5.72. The highest BCUT2D eigenvalue weighted by atomic mass is 16.3. The molecule has 0 amide bonds. The van der Waals surface area contributed by atoms with Crippen LogP contribution < -0.4 is 0 Å². The minimum atomic E-state index is -0.0917. The van der Waals surface area contributed by atoms with Crippen LogP contribution in [-0.2, 0) is 4.79 Å². The molecule has 15 heavy (non-hydrogen) atoms. The second kappa shape index (κ2) is 9.50. The Kier molecular flexibility index (Phi) is 8.84. The first-order chi connectivity index (χ1) is 7.16. The number of carbonyl (C=O) groups is 1. The Morgan fingerprint density at radius 1 is 1.20 bits per heavy atom. The zero-order valence-electron chi connectivity index (χ0n) is 9.83. The van der Waals surface area contributed by atoms with Gasteiger partial charge in [0, 0.05) is 12.5 Å². The maximum Gasteiger partial charge on any atom is 0.155 e. The summed E-state index contributed by atoms with van der Waals surface area (Å²) in [6, 6.07) is 0. The van der Waals surface area contributed by atoms with Gasteiger partial charge in [-0.3, -0.25) is 4.79 Å². The number of hydrogen-bond donors (Lipinski definition) is 1. The summed E-state index contributed by atoms with van der Waals surface area (Å²) < 4.78 is 0. The van der Waals surface area contributed by atoms with Gasteiger partial charge in [0.25, 0.3) is 0 Å². The predicted octanol–water partition coefficient (Wildman–Crippen LogP) is 3.93. The Balaban J connectivity index is 3.46. The molecule has 86 valence electrons. The summed E-state index contributed by atoms with van der Waals surface area (Å²) in [6.45, 7) is 3.62. The summed E-state index contributed by atoms with van der Waals surface area (Å²) in [5.74, 6) is 0.107. The maximum atomic E-state index is 10.6. The summed E-state index contributed by atoms with van der Waals surface area (Å²) in [5.41, 5.74) is 0. The zero-order valence-corrected chi connectivity index (χ0v) is 9.83. The minimum Gasteiger partial charge on any atom is -0.512 e. The first-order valence-corrected chi connectivity index (χ1v) is 5.72. The molecule has 0 aliphatic heterocycles. The van der Waals surface area contributed by atoms with E-state index in [1.807, 2.05) is 0 Å². The zero-order chi connectivity index (χ0) is 11.5. The largest absolute Gasteiger partial charge is 0.512 e. The monoisotopic (exact) mass is 210 g/mol. The summed E-state index contributed by atoms with van der Waals surface area (Å²) in [5, 5.41) is 9.28. The van der Waals surface area contributed by atoms with E-state index in [-0.39, 0.29) is 11.5 Å². The van der Waals surface area contributed by atoms with Crippen molar-refractivity contribution in [2.24, 2.45) is 0 Å². The smallest absolute Gasteiger partial charge is 0.155 e. The van der Waals surface area contributed by atoms with Crippen LogP contribution in [0.15, 0.2) is 24.0 Å². The molecule has 0 heterocycles. The second-order valence-electron chi connectivity index (χ2n) is 3.75. The van der Waals surface area contributed by atoms with Crippen LogP contribution in [0.4, 0.5) is 0 Å². The van der Waals surface area contributed by atoms with Crippen molar-refractivity contribution < 1.29 is 9.90 Å². The van der Waals surface area contributed by atoms with Gasteiger partial charge >= 0.3 is 0 Å². The molecule has 0 bridgehead atoms. The molecule has 0 saturated heterocycles. The summed E-state index contributed by atoms with van der Waals surface area (Å²) in [4.78, 5) is 10.6. The average Bonchev–Trinajstić information content (AvgIpc) is 2.15. The van der Waals surface area contributed by atoms with Crippen LogP contribution in [0.5, 0.6) is 0 Å². The van der Waals surface area contributed by atoms with Crippen molar-refractivity contribution in [2.75, 3.05) is 0 Å². The lowest BCUT2D eigenvalue weighted by Gasteiger charge is -1.96. The van der Waals surface area contributed by atoms with Gasteiger partial charge in [0.15, 0.2) is 5.78 Å². The van der Waals surface area contributed by atoms with Crippen LogP contribution >= 0.6 is 0 Å². The van der Waals surface area contributed by atoms with Gasteiger partial charge in [-0.1, -0.05) is 31.9 Å². The third-order valence-corrected chi connectivity index (χ3v) is 2.06. The molecule has 0 radical (unpaired) electrons. The van der Waals surface area contributed by atoms with E-state index in [2.05, 4.69) is 19.1 Å². The second-order valence-corrected chi connectivity index (χ2v) is 3.75. The Bertz CT molecular complexity index is 227. The molecule has 0 atom stereocenters. The Labute approximate surface area is 92.7 Å². The highest BCUT2D eigenvalue weighted by Crippen LogP contribution is 2.05. The molecule has 0 unspecified atom stereocenters. The van der Waals surface area contributed by atoms with Crippen LogP contribution in [-0.4, -0.2) is 10.9 Å². The van der Waals surface area contributed by atoms with Crippen LogP contribution in [0.25, 0.3) is 0 Å². The number of ketones is 1. The summed E-state index contributed by atoms with van der Waals surface area (Å²) in [7, 11) is 0. The molecule has 0 aromatic rings. The molecule has 2 nitrogen and oxygen atoms in total. The lowest BCUT2D eigenvalue weighted by atomic mass is 10.1. The van der Waals surface area contributed by atoms with E-state index in [1.54, 1.807) is 0 Å². The van der Waals surface area contributed by atoms with Crippen molar-refractivity contribution in [3.63, 3.8) is 0 Å². The fraction of sp³-hybridized carbons (Fsp3) is 0.615. The lowest BCUT2D eigenvalue weighted by Crippen LogP contribution is -1.88. The number of hydrogen-bond acceptors (Lipinski definition) is 2. The Morgan fingerprint density at radius 3 is 2.33 bits per heavy atom. The average molecular weight is 210 g/mol. The third kappa shape index (κ3) is 10.9. The summed E-state index contributed by atoms with van der Waals surface area (Å²) in [6.07, 6.45) is 11.7. The van der Waals surface area contributed by atoms with E-state index in [9.17, 15) is 9.90 Å². The van der Waals surface area contributed by atoms with Gasteiger partial charge in [-0.25, -0.2) is 0 Å². The van der Waals surface area contributed by atoms with E-state index in [1.165, 1.54) is 25.8 Å². The highest BCUT2D eigenvalue weighted by Gasteiger charge is 1.94. The predicted molar refractivity (Wildman–Crippen MR) is 63.9 cm³/mol. The first kappa shape index (κ1) is 13.9. The fourth-order valence-electron chi connectivity index (χ4n) is 1.27. The Morgan fingerprint density at radius 2 is 1.80 bits per heavy atom. The van der Waals surface area contributed by atoms with Gasteiger partial charge in [0.2, 0.25) is 0 Å². The van der Waals surface area contributed by atoms with E-state index >= 15 is 0 Å². The number of unbranched alkanes of at least 4 members (excludes halogenated alkanes) is 3. The highest BCUT2D eigenvalue weighted by molar-refractivity contribution is 5.87. The molecule has 0 aromatic carbocycles. The molecule has 0 spiro atoms. The molecule has 2 heteroatoms. The molecule has 0 saturated carbocycles. The van der Waals surface area contributed by atoms with E-state index in [4.69, 9.17) is 0 Å². The van der Waals surface area contributed by atoms with Crippen molar-refractivity contribution in [3.8, 4) is 0 Å². The number of carbonyl (C=O) groups excluding carboxylic acids is 1. The SMILES string of the molecule is CCCCC=CCCC/C(O)=C/C(C)=O. The Hall–Kier alpha value is -1.05.